The lowest BCUT2D eigenvalue weighted by molar-refractivity contribution is 0.224. The molecule has 0 aromatic carbocycles. The van der Waals surface area contributed by atoms with Crippen LogP contribution < -0.4 is 5.73 Å². The van der Waals surface area contributed by atoms with Gasteiger partial charge in [0.25, 0.3) is 0 Å². The first kappa shape index (κ1) is 11.7. The third-order valence-corrected chi connectivity index (χ3v) is 4.02. The second-order valence-electron chi connectivity index (χ2n) is 5.15. The molecular formula is C14H23NO. The number of hydrogen-bond donors (Lipinski definition) is 1. The van der Waals surface area contributed by atoms with Gasteiger partial charge in [0, 0.05) is 12.5 Å². The lowest BCUT2D eigenvalue weighted by Crippen LogP contribution is -2.35. The van der Waals surface area contributed by atoms with Crippen LogP contribution in [0.5, 0.6) is 0 Å². The molecule has 1 aromatic heterocycles. The highest BCUT2D eigenvalue weighted by molar-refractivity contribution is 5.01. The molecule has 0 saturated heterocycles. The molecule has 16 heavy (non-hydrogen) atoms. The largest absolute Gasteiger partial charge is 0.469 e. The van der Waals surface area contributed by atoms with Crippen molar-refractivity contribution in [2.45, 2.75) is 51.5 Å². The van der Waals surface area contributed by atoms with Gasteiger partial charge in [-0.2, -0.15) is 0 Å². The van der Waals surface area contributed by atoms with Crippen molar-refractivity contribution in [2.24, 2.45) is 17.6 Å². The van der Waals surface area contributed by atoms with E-state index >= 15 is 0 Å². The molecule has 2 rings (SSSR count). The predicted octanol–water partition coefficient (Wildman–Crippen LogP) is 3.37. The summed E-state index contributed by atoms with van der Waals surface area (Å²) in [4.78, 5) is 0. The minimum absolute atomic E-state index is 0.278. The Kier molecular flexibility index (Phi) is 4.05. The third-order valence-electron chi connectivity index (χ3n) is 4.02. The van der Waals surface area contributed by atoms with Crippen LogP contribution in [0.3, 0.4) is 0 Å². The number of rotatable bonds is 4. The smallest absolute Gasteiger partial charge is 0.105 e. The van der Waals surface area contributed by atoms with Crippen LogP contribution in [0.1, 0.15) is 44.8 Å². The predicted molar refractivity (Wildman–Crippen MR) is 66.1 cm³/mol. The molecule has 1 aliphatic rings. The number of furan rings is 1. The van der Waals surface area contributed by atoms with Gasteiger partial charge in [-0.1, -0.05) is 26.2 Å². The normalized spacial score (nSPS) is 27.9. The molecule has 3 atom stereocenters. The van der Waals surface area contributed by atoms with E-state index < -0.39 is 0 Å². The van der Waals surface area contributed by atoms with Crippen LogP contribution in [0, 0.1) is 11.8 Å². The van der Waals surface area contributed by atoms with E-state index in [-0.39, 0.29) is 6.04 Å². The summed E-state index contributed by atoms with van der Waals surface area (Å²) in [6.07, 6.45) is 9.32. The molecule has 2 nitrogen and oxygen atoms in total. The van der Waals surface area contributed by atoms with Crippen LogP contribution >= 0.6 is 0 Å². The van der Waals surface area contributed by atoms with E-state index in [1.54, 1.807) is 6.26 Å². The molecule has 0 bridgehead atoms. The van der Waals surface area contributed by atoms with Crippen molar-refractivity contribution in [2.75, 3.05) is 0 Å². The average molecular weight is 221 g/mol. The second-order valence-corrected chi connectivity index (χ2v) is 5.15. The molecule has 0 amide bonds. The Bertz CT molecular complexity index is 294. The lowest BCUT2D eigenvalue weighted by Gasteiger charge is -2.32. The molecule has 1 fully saturated rings. The van der Waals surface area contributed by atoms with Gasteiger partial charge in [0.2, 0.25) is 0 Å². The van der Waals surface area contributed by atoms with Crippen LogP contribution in [0.25, 0.3) is 0 Å². The van der Waals surface area contributed by atoms with Crippen LogP contribution in [0.4, 0.5) is 0 Å². The fourth-order valence-electron chi connectivity index (χ4n) is 2.92. The summed E-state index contributed by atoms with van der Waals surface area (Å²) >= 11 is 0. The second kappa shape index (κ2) is 5.53. The molecule has 1 heterocycles. The summed E-state index contributed by atoms with van der Waals surface area (Å²) in [6.45, 7) is 2.30. The topological polar surface area (TPSA) is 39.2 Å². The van der Waals surface area contributed by atoms with E-state index in [4.69, 9.17) is 10.2 Å². The SMILES string of the molecule is CCC1CCCC(C(N)Cc2ccco2)C1. The molecular weight excluding hydrogens is 198 g/mol. The van der Waals surface area contributed by atoms with Gasteiger partial charge >= 0.3 is 0 Å². The van der Waals surface area contributed by atoms with Crippen LogP contribution in [-0.2, 0) is 6.42 Å². The van der Waals surface area contributed by atoms with Gasteiger partial charge in [-0.05, 0) is 36.8 Å². The Balaban J connectivity index is 1.86. The van der Waals surface area contributed by atoms with E-state index in [1.165, 1.54) is 32.1 Å². The fraction of sp³-hybridized carbons (Fsp3) is 0.714. The fourth-order valence-corrected chi connectivity index (χ4v) is 2.92. The first-order chi connectivity index (χ1) is 7.79. The van der Waals surface area contributed by atoms with Crippen LogP contribution in [0.2, 0.25) is 0 Å². The van der Waals surface area contributed by atoms with Gasteiger partial charge in [0.1, 0.15) is 5.76 Å². The highest BCUT2D eigenvalue weighted by atomic mass is 16.3. The number of hydrogen-bond acceptors (Lipinski definition) is 2. The van der Waals surface area contributed by atoms with E-state index in [9.17, 15) is 0 Å². The van der Waals surface area contributed by atoms with E-state index in [0.717, 1.165) is 18.1 Å². The zero-order chi connectivity index (χ0) is 11.4. The van der Waals surface area contributed by atoms with Crippen LogP contribution in [-0.4, -0.2) is 6.04 Å². The highest BCUT2D eigenvalue weighted by Crippen LogP contribution is 2.33. The van der Waals surface area contributed by atoms with Crippen molar-refractivity contribution in [3.63, 3.8) is 0 Å². The zero-order valence-electron chi connectivity index (χ0n) is 10.2. The van der Waals surface area contributed by atoms with Crippen molar-refractivity contribution in [1.82, 2.24) is 0 Å². The van der Waals surface area contributed by atoms with Crippen molar-refractivity contribution in [3.05, 3.63) is 24.2 Å². The maximum atomic E-state index is 6.30. The third kappa shape index (κ3) is 2.88. The van der Waals surface area contributed by atoms with Gasteiger partial charge in [-0.25, -0.2) is 0 Å². The van der Waals surface area contributed by atoms with Gasteiger partial charge in [0.15, 0.2) is 0 Å². The lowest BCUT2D eigenvalue weighted by atomic mass is 9.76. The van der Waals surface area contributed by atoms with Crippen molar-refractivity contribution >= 4 is 0 Å². The number of nitrogens with two attached hydrogens (primary N) is 1. The summed E-state index contributed by atoms with van der Waals surface area (Å²) in [5, 5.41) is 0. The summed E-state index contributed by atoms with van der Waals surface area (Å²) in [5.74, 6) is 2.64. The van der Waals surface area contributed by atoms with E-state index in [2.05, 4.69) is 6.92 Å². The molecule has 0 aliphatic heterocycles. The average Bonchev–Trinajstić information content (AvgIpc) is 2.82. The summed E-state index contributed by atoms with van der Waals surface area (Å²) < 4.78 is 5.37. The molecule has 0 spiro atoms. The Labute approximate surface area is 98.2 Å². The molecule has 2 N–H and O–H groups in total. The Morgan fingerprint density at radius 1 is 1.50 bits per heavy atom. The van der Waals surface area contributed by atoms with Gasteiger partial charge in [0.05, 0.1) is 6.26 Å². The van der Waals surface area contributed by atoms with Crippen molar-refractivity contribution in [3.8, 4) is 0 Å². The maximum Gasteiger partial charge on any atom is 0.105 e. The monoisotopic (exact) mass is 221 g/mol. The molecule has 2 heteroatoms. The van der Waals surface area contributed by atoms with Crippen molar-refractivity contribution in [1.29, 1.82) is 0 Å². The Morgan fingerprint density at radius 2 is 2.38 bits per heavy atom. The van der Waals surface area contributed by atoms with Gasteiger partial charge in [-0.3, -0.25) is 0 Å². The molecule has 1 saturated carbocycles. The van der Waals surface area contributed by atoms with Crippen LogP contribution in [0.15, 0.2) is 22.8 Å². The Morgan fingerprint density at radius 3 is 3.06 bits per heavy atom. The standard InChI is InChI=1S/C14H23NO/c1-2-11-5-3-6-12(9-11)14(15)10-13-7-4-8-16-13/h4,7-8,11-12,14H,2-3,5-6,9-10,15H2,1H3. The van der Waals surface area contributed by atoms with Gasteiger partial charge in [-0.15, -0.1) is 0 Å². The minimum atomic E-state index is 0.278. The van der Waals surface area contributed by atoms with Crippen molar-refractivity contribution < 1.29 is 4.42 Å². The molecule has 1 aliphatic carbocycles. The van der Waals surface area contributed by atoms with E-state index in [1.807, 2.05) is 12.1 Å². The minimum Gasteiger partial charge on any atom is -0.469 e. The Hall–Kier alpha value is -0.760. The maximum absolute atomic E-state index is 6.30. The molecule has 0 radical (unpaired) electrons. The molecule has 1 aromatic rings. The molecule has 90 valence electrons. The van der Waals surface area contributed by atoms with E-state index in [0.29, 0.717) is 5.92 Å². The molecule has 3 unspecified atom stereocenters. The first-order valence-corrected chi connectivity index (χ1v) is 6.57. The summed E-state index contributed by atoms with van der Waals surface area (Å²) in [6, 6.07) is 4.25. The zero-order valence-corrected chi connectivity index (χ0v) is 10.2. The van der Waals surface area contributed by atoms with Gasteiger partial charge < -0.3 is 10.2 Å². The summed E-state index contributed by atoms with van der Waals surface area (Å²) in [7, 11) is 0. The quantitative estimate of drug-likeness (QED) is 0.846. The highest BCUT2D eigenvalue weighted by Gasteiger charge is 2.26. The first-order valence-electron chi connectivity index (χ1n) is 6.57. The summed E-state index contributed by atoms with van der Waals surface area (Å²) in [5.41, 5.74) is 6.30.